The van der Waals surface area contributed by atoms with E-state index in [-0.39, 0.29) is 6.42 Å². The summed E-state index contributed by atoms with van der Waals surface area (Å²) in [7, 11) is 0. The molecule has 0 amide bonds. The molecule has 0 heterocycles. The van der Waals surface area contributed by atoms with Gasteiger partial charge in [-0.2, -0.15) is 23.7 Å². The quantitative estimate of drug-likeness (QED) is 0.487. The van der Waals surface area contributed by atoms with E-state index >= 15 is 0 Å². The van der Waals surface area contributed by atoms with Crippen molar-refractivity contribution in [3.05, 3.63) is 12.2 Å². The summed E-state index contributed by atoms with van der Waals surface area (Å²) in [6.45, 7) is 0. The van der Waals surface area contributed by atoms with Crippen LogP contribution in [0.15, 0.2) is 12.2 Å². The second-order valence-corrected chi connectivity index (χ2v) is 4.67. The van der Waals surface area contributed by atoms with Gasteiger partial charge in [0.05, 0.1) is 12.1 Å². The summed E-state index contributed by atoms with van der Waals surface area (Å²) in [5, 5.41) is 17.9. The van der Waals surface area contributed by atoms with E-state index in [0.717, 1.165) is 0 Å². The van der Waals surface area contributed by atoms with Crippen LogP contribution >= 0.6 is 11.6 Å². The number of hydrogen-bond acceptors (Lipinski definition) is 2. The van der Waals surface area contributed by atoms with Crippen LogP contribution in [-0.4, -0.2) is 11.1 Å². The molecule has 0 N–H and O–H groups in total. The number of alkyl halides is 4. The summed E-state index contributed by atoms with van der Waals surface area (Å²) < 4.78 is 39.0. The smallest absolute Gasteiger partial charge is 0.196 e. The fourth-order valence-corrected chi connectivity index (χ4v) is 3.05. The van der Waals surface area contributed by atoms with Crippen LogP contribution in [0.1, 0.15) is 6.42 Å². The Morgan fingerprint density at radius 2 is 1.69 bits per heavy atom. The predicted molar refractivity (Wildman–Crippen MR) is 49.0 cm³/mol. The molecule has 0 spiro atoms. The molecule has 3 atom stereocenters. The number of hydrogen-bond donors (Lipinski definition) is 0. The number of fused-ring (bicyclic) bond motifs is 2. The van der Waals surface area contributed by atoms with Gasteiger partial charge < -0.3 is 0 Å². The van der Waals surface area contributed by atoms with Gasteiger partial charge in [-0.1, -0.05) is 12.2 Å². The summed E-state index contributed by atoms with van der Waals surface area (Å²) >= 11 is 5.65. The summed E-state index contributed by atoms with van der Waals surface area (Å²) in [6, 6.07) is 2.98. The van der Waals surface area contributed by atoms with Gasteiger partial charge in [0.2, 0.25) is 0 Å². The molecule has 0 radical (unpaired) electrons. The fraction of sp³-hybridized carbons (Fsp3) is 0.600. The largest absolute Gasteiger partial charge is 0.410 e. The topological polar surface area (TPSA) is 47.6 Å². The van der Waals surface area contributed by atoms with Gasteiger partial charge in [-0.05, 0) is 6.42 Å². The van der Waals surface area contributed by atoms with E-state index in [0.29, 0.717) is 0 Å². The molecule has 0 unspecified atom stereocenters. The first-order valence-electron chi connectivity index (χ1n) is 4.60. The zero-order chi connectivity index (χ0) is 12.2. The van der Waals surface area contributed by atoms with Crippen molar-refractivity contribution in [1.82, 2.24) is 0 Å². The lowest BCUT2D eigenvalue weighted by Gasteiger charge is -2.39. The van der Waals surface area contributed by atoms with Gasteiger partial charge in [0, 0.05) is 11.8 Å². The first-order chi connectivity index (χ1) is 7.33. The Morgan fingerprint density at radius 1 is 1.19 bits per heavy atom. The average molecular weight is 247 g/mol. The van der Waals surface area contributed by atoms with E-state index in [1.807, 2.05) is 0 Å². The Kier molecular flexibility index (Phi) is 2.06. The highest BCUT2D eigenvalue weighted by Gasteiger charge is 2.77. The molecule has 0 aromatic heterocycles. The van der Waals surface area contributed by atoms with Crippen molar-refractivity contribution in [2.45, 2.75) is 17.5 Å². The summed E-state index contributed by atoms with van der Waals surface area (Å²) in [5.74, 6) is -1.72. The Morgan fingerprint density at radius 3 is 2.06 bits per heavy atom. The normalized spacial score (nSPS) is 39.4. The van der Waals surface area contributed by atoms with Crippen LogP contribution in [0.3, 0.4) is 0 Å². The van der Waals surface area contributed by atoms with Crippen molar-refractivity contribution in [3.8, 4) is 12.1 Å². The van der Waals surface area contributed by atoms with E-state index in [2.05, 4.69) is 0 Å². The Balaban J connectivity index is 2.67. The average Bonchev–Trinajstić information content (AvgIpc) is 2.75. The maximum absolute atomic E-state index is 13.0. The third kappa shape index (κ3) is 0.929. The molecular weight excluding hydrogens is 241 g/mol. The van der Waals surface area contributed by atoms with Gasteiger partial charge in [0.25, 0.3) is 0 Å². The van der Waals surface area contributed by atoms with Crippen LogP contribution in [0.25, 0.3) is 0 Å². The summed E-state index contributed by atoms with van der Waals surface area (Å²) in [6.07, 6.45) is -1.81. The SMILES string of the molecule is N#CC1(C#N)[C@H]2C=C[C@H](C2)[C@]1(Cl)C(F)(F)F. The molecule has 0 aliphatic heterocycles. The van der Waals surface area contributed by atoms with E-state index < -0.39 is 28.3 Å². The van der Waals surface area contributed by atoms with Crippen molar-refractivity contribution in [2.75, 3.05) is 0 Å². The number of nitrogens with zero attached hydrogens (tertiary/aromatic N) is 2. The van der Waals surface area contributed by atoms with Crippen molar-refractivity contribution in [2.24, 2.45) is 17.3 Å². The van der Waals surface area contributed by atoms with Gasteiger partial charge in [-0.3, -0.25) is 0 Å². The molecule has 0 aromatic carbocycles. The van der Waals surface area contributed by atoms with Gasteiger partial charge in [0.1, 0.15) is 0 Å². The van der Waals surface area contributed by atoms with Gasteiger partial charge in [-0.25, -0.2) is 0 Å². The third-order valence-corrected chi connectivity index (χ3v) is 4.28. The second-order valence-electron chi connectivity index (χ2n) is 4.07. The first-order valence-corrected chi connectivity index (χ1v) is 4.97. The Labute approximate surface area is 94.9 Å². The lowest BCUT2D eigenvalue weighted by atomic mass is 9.69. The zero-order valence-corrected chi connectivity index (χ0v) is 8.68. The Hall–Kier alpha value is -1.20. The van der Waals surface area contributed by atoms with Crippen LogP contribution in [0.4, 0.5) is 13.2 Å². The van der Waals surface area contributed by atoms with Crippen LogP contribution in [-0.2, 0) is 0 Å². The fourth-order valence-electron chi connectivity index (χ4n) is 2.66. The zero-order valence-electron chi connectivity index (χ0n) is 7.92. The maximum Gasteiger partial charge on any atom is 0.410 e. The predicted octanol–water partition coefficient (Wildman–Crippen LogP) is 2.77. The van der Waals surface area contributed by atoms with Crippen molar-refractivity contribution in [1.29, 1.82) is 10.5 Å². The molecule has 1 fully saturated rings. The summed E-state index contributed by atoms with van der Waals surface area (Å²) in [4.78, 5) is -2.77. The first kappa shape index (κ1) is 11.3. The minimum Gasteiger partial charge on any atom is -0.196 e. The Bertz CT molecular complexity index is 428. The molecule has 2 nitrogen and oxygen atoms in total. The van der Waals surface area contributed by atoms with Gasteiger partial charge in [-0.15, -0.1) is 11.6 Å². The van der Waals surface area contributed by atoms with E-state index in [1.165, 1.54) is 24.3 Å². The molecule has 84 valence electrons. The van der Waals surface area contributed by atoms with Crippen LogP contribution in [0, 0.1) is 39.9 Å². The number of nitriles is 2. The van der Waals surface area contributed by atoms with Gasteiger partial charge >= 0.3 is 6.18 Å². The highest BCUT2D eigenvalue weighted by Crippen LogP contribution is 2.66. The van der Waals surface area contributed by atoms with E-state index in [1.54, 1.807) is 0 Å². The highest BCUT2D eigenvalue weighted by atomic mass is 35.5. The standard InChI is InChI=1S/C10H6ClF3N2/c11-9(10(12,13)14)7-2-1-6(3-7)8(9,4-15)5-16/h1-2,6-7H,3H2/t6-,7+,9+/m0/s1. The molecule has 0 saturated heterocycles. The van der Waals surface area contributed by atoms with Crippen molar-refractivity contribution in [3.63, 3.8) is 0 Å². The molecule has 16 heavy (non-hydrogen) atoms. The maximum atomic E-state index is 13.0. The number of halogens is 4. The molecule has 2 aliphatic rings. The van der Waals surface area contributed by atoms with Gasteiger partial charge in [0.15, 0.2) is 10.3 Å². The minimum absolute atomic E-state index is 0.115. The number of allylic oxidation sites excluding steroid dienone is 2. The monoisotopic (exact) mass is 246 g/mol. The minimum atomic E-state index is -4.77. The molecular formula is C10H6ClF3N2. The molecule has 2 aliphatic carbocycles. The van der Waals surface area contributed by atoms with E-state index in [9.17, 15) is 13.2 Å². The van der Waals surface area contributed by atoms with Crippen LogP contribution < -0.4 is 0 Å². The van der Waals surface area contributed by atoms with Crippen molar-refractivity contribution >= 4 is 11.6 Å². The third-order valence-electron chi connectivity index (χ3n) is 3.49. The van der Waals surface area contributed by atoms with E-state index in [4.69, 9.17) is 22.1 Å². The molecule has 2 bridgehead atoms. The number of rotatable bonds is 0. The molecule has 1 saturated carbocycles. The lowest BCUT2D eigenvalue weighted by molar-refractivity contribution is -0.181. The second kappa shape index (κ2) is 2.93. The highest BCUT2D eigenvalue weighted by molar-refractivity contribution is 6.26. The summed E-state index contributed by atoms with van der Waals surface area (Å²) in [5.41, 5.74) is -2.20. The lowest BCUT2D eigenvalue weighted by Crippen LogP contribution is -2.55. The molecule has 0 aromatic rings. The molecule has 2 rings (SSSR count). The van der Waals surface area contributed by atoms with Crippen molar-refractivity contribution < 1.29 is 13.2 Å². The molecule has 6 heteroatoms. The van der Waals surface area contributed by atoms with Crippen LogP contribution in [0.2, 0.25) is 0 Å². The van der Waals surface area contributed by atoms with Crippen LogP contribution in [0.5, 0.6) is 0 Å².